The zero-order valence-corrected chi connectivity index (χ0v) is 16.5. The van der Waals surface area contributed by atoms with Gasteiger partial charge in [-0.25, -0.2) is 19.2 Å². The molecule has 1 amide bonds. The highest BCUT2D eigenvalue weighted by atomic mass is 19.4. The molecule has 174 valence electrons. The summed E-state index contributed by atoms with van der Waals surface area (Å²) in [4.78, 5) is 31.1. The fourth-order valence-electron chi connectivity index (χ4n) is 3.60. The summed E-state index contributed by atoms with van der Waals surface area (Å²) in [7, 11) is 0. The van der Waals surface area contributed by atoms with Gasteiger partial charge in [-0.15, -0.1) is 0 Å². The molecule has 0 bridgehead atoms. The van der Waals surface area contributed by atoms with Gasteiger partial charge in [0.05, 0.1) is 18.1 Å². The number of carbonyl (C=O) groups is 2. The van der Waals surface area contributed by atoms with Crippen LogP contribution >= 0.6 is 0 Å². The quantitative estimate of drug-likeness (QED) is 0.691. The highest BCUT2D eigenvalue weighted by Gasteiger charge is 2.50. The number of piperidine rings is 1. The fourth-order valence-corrected chi connectivity index (χ4v) is 3.60. The molecule has 0 aromatic carbocycles. The lowest BCUT2D eigenvalue weighted by atomic mass is 9.77. The standard InChI is InChI=1S/C17H18FN3O4.C2HF3O2/c18-12-2-1-5-19-15(12)25-10-17-4-7-24-14(17)3-6-21(9-17)16(22)13-8-23-11-20-13;3-2(4,5)1(6)7/h1-2,5,8,11,14H,3-4,6-7,9-10H2;(H,6,7)/t14-,17+;/m1./s1. The highest BCUT2D eigenvalue weighted by Crippen LogP contribution is 2.41. The molecule has 32 heavy (non-hydrogen) atoms. The smallest absolute Gasteiger partial charge is 0.475 e. The first-order valence-electron chi connectivity index (χ1n) is 9.45. The third-order valence-corrected chi connectivity index (χ3v) is 5.17. The summed E-state index contributed by atoms with van der Waals surface area (Å²) in [5.41, 5.74) is -0.0917. The van der Waals surface area contributed by atoms with Gasteiger partial charge in [0.2, 0.25) is 5.88 Å². The number of pyridine rings is 1. The second-order valence-electron chi connectivity index (χ2n) is 7.24. The van der Waals surface area contributed by atoms with Crippen molar-refractivity contribution in [2.24, 2.45) is 5.41 Å². The van der Waals surface area contributed by atoms with Crippen molar-refractivity contribution < 1.29 is 46.1 Å². The third-order valence-electron chi connectivity index (χ3n) is 5.17. The van der Waals surface area contributed by atoms with Crippen LogP contribution in [-0.4, -0.2) is 70.4 Å². The number of carbonyl (C=O) groups excluding carboxylic acids is 1. The molecule has 2 aliphatic rings. The van der Waals surface area contributed by atoms with Gasteiger partial charge in [-0.05, 0) is 25.0 Å². The number of halogens is 4. The monoisotopic (exact) mass is 461 g/mol. The van der Waals surface area contributed by atoms with Crippen LogP contribution in [0.2, 0.25) is 0 Å². The number of amides is 1. The van der Waals surface area contributed by atoms with E-state index in [0.29, 0.717) is 26.1 Å². The molecule has 4 rings (SSSR count). The molecule has 1 N–H and O–H groups in total. The summed E-state index contributed by atoms with van der Waals surface area (Å²) in [5, 5.41) is 7.12. The molecule has 9 nitrogen and oxygen atoms in total. The number of likely N-dealkylation sites (tertiary alicyclic amines) is 1. The topological polar surface area (TPSA) is 115 Å². The predicted molar refractivity (Wildman–Crippen MR) is 97.2 cm³/mol. The molecular weight excluding hydrogens is 442 g/mol. The van der Waals surface area contributed by atoms with Crippen LogP contribution < -0.4 is 4.74 Å². The Morgan fingerprint density at radius 1 is 1.34 bits per heavy atom. The molecule has 2 fully saturated rings. The van der Waals surface area contributed by atoms with Crippen LogP contribution in [0.25, 0.3) is 0 Å². The summed E-state index contributed by atoms with van der Waals surface area (Å²) < 4.78 is 61.9. The number of aromatic nitrogens is 2. The second kappa shape index (κ2) is 9.51. The van der Waals surface area contributed by atoms with E-state index in [1.807, 2.05) is 0 Å². The Morgan fingerprint density at radius 3 is 2.72 bits per heavy atom. The number of fused-ring (bicyclic) bond motifs is 1. The van der Waals surface area contributed by atoms with E-state index in [2.05, 4.69) is 9.97 Å². The minimum atomic E-state index is -5.08. The van der Waals surface area contributed by atoms with Crippen molar-refractivity contribution >= 4 is 11.9 Å². The molecule has 0 spiro atoms. The number of carboxylic acids is 1. The van der Waals surface area contributed by atoms with Gasteiger partial charge in [0.25, 0.3) is 5.91 Å². The first-order chi connectivity index (χ1) is 15.1. The van der Waals surface area contributed by atoms with Gasteiger partial charge < -0.3 is 23.9 Å². The minimum absolute atomic E-state index is 0.0133. The van der Waals surface area contributed by atoms with E-state index >= 15 is 0 Å². The van der Waals surface area contributed by atoms with Crippen LogP contribution in [0.15, 0.2) is 35.4 Å². The summed E-state index contributed by atoms with van der Waals surface area (Å²) in [6, 6.07) is 2.82. The first kappa shape index (κ1) is 23.4. The van der Waals surface area contributed by atoms with Crippen molar-refractivity contribution in [1.29, 1.82) is 0 Å². The van der Waals surface area contributed by atoms with E-state index in [9.17, 15) is 22.4 Å². The fraction of sp³-hybridized carbons (Fsp3) is 0.474. The number of hydrogen-bond donors (Lipinski definition) is 1. The van der Waals surface area contributed by atoms with Crippen molar-refractivity contribution in [1.82, 2.24) is 14.9 Å². The summed E-state index contributed by atoms with van der Waals surface area (Å²) >= 11 is 0. The molecule has 2 aliphatic heterocycles. The Morgan fingerprint density at radius 2 is 2.09 bits per heavy atom. The molecule has 2 aromatic rings. The lowest BCUT2D eigenvalue weighted by Crippen LogP contribution is -2.54. The van der Waals surface area contributed by atoms with Crippen LogP contribution in [0.5, 0.6) is 5.88 Å². The molecule has 13 heteroatoms. The minimum Gasteiger partial charge on any atom is -0.475 e. The number of alkyl halides is 3. The SMILES string of the molecule is O=C(O)C(F)(F)F.O=C(c1cocn1)N1CC[C@H]2OCC[C@@]2(COc2ncccc2F)C1. The van der Waals surface area contributed by atoms with Gasteiger partial charge in [-0.3, -0.25) is 4.79 Å². The number of hydrogen-bond acceptors (Lipinski definition) is 7. The average molecular weight is 461 g/mol. The number of rotatable bonds is 4. The van der Waals surface area contributed by atoms with Crippen LogP contribution in [0, 0.1) is 11.2 Å². The summed E-state index contributed by atoms with van der Waals surface area (Å²) in [6.45, 7) is 1.90. The van der Waals surface area contributed by atoms with Crippen LogP contribution in [0.1, 0.15) is 23.3 Å². The molecule has 0 unspecified atom stereocenters. The van der Waals surface area contributed by atoms with Gasteiger partial charge in [0.1, 0.15) is 6.26 Å². The van der Waals surface area contributed by atoms with Crippen molar-refractivity contribution in [3.05, 3.63) is 42.5 Å². The molecule has 0 radical (unpaired) electrons. The maximum atomic E-state index is 13.8. The maximum Gasteiger partial charge on any atom is 0.490 e. The number of nitrogens with zero attached hydrogens (tertiary/aromatic N) is 3. The van der Waals surface area contributed by atoms with Crippen molar-refractivity contribution in [3.63, 3.8) is 0 Å². The normalized spacial score (nSPS) is 22.5. The number of oxazole rings is 1. The Labute approximate surface area is 178 Å². The van der Waals surface area contributed by atoms with E-state index in [1.165, 1.54) is 31.0 Å². The Bertz CT molecular complexity index is 939. The van der Waals surface area contributed by atoms with E-state index in [1.54, 1.807) is 4.90 Å². The lowest BCUT2D eigenvalue weighted by Gasteiger charge is -2.43. The second-order valence-corrected chi connectivity index (χ2v) is 7.24. The van der Waals surface area contributed by atoms with Gasteiger partial charge in [0, 0.05) is 25.9 Å². The average Bonchev–Trinajstić information content (AvgIpc) is 3.42. The lowest BCUT2D eigenvalue weighted by molar-refractivity contribution is -0.192. The van der Waals surface area contributed by atoms with Crippen LogP contribution in [0.4, 0.5) is 17.6 Å². The van der Waals surface area contributed by atoms with Crippen molar-refractivity contribution in [2.75, 3.05) is 26.3 Å². The molecule has 2 saturated heterocycles. The zero-order chi connectivity index (χ0) is 23.4. The van der Waals surface area contributed by atoms with Gasteiger partial charge in [0.15, 0.2) is 17.9 Å². The van der Waals surface area contributed by atoms with Crippen molar-refractivity contribution in [2.45, 2.75) is 25.1 Å². The summed E-state index contributed by atoms with van der Waals surface area (Å²) in [5.74, 6) is -3.46. The Hall–Kier alpha value is -3.22. The first-order valence-corrected chi connectivity index (χ1v) is 9.45. The highest BCUT2D eigenvalue weighted by molar-refractivity contribution is 5.92. The molecule has 4 heterocycles. The number of ether oxygens (including phenoxy) is 2. The van der Waals surface area contributed by atoms with Gasteiger partial charge >= 0.3 is 12.1 Å². The Kier molecular flexibility index (Phi) is 6.96. The molecule has 2 atom stereocenters. The van der Waals surface area contributed by atoms with E-state index in [0.717, 1.165) is 6.42 Å². The summed E-state index contributed by atoms with van der Waals surface area (Å²) in [6.07, 6.45) is 0.417. The van der Waals surface area contributed by atoms with E-state index < -0.39 is 18.0 Å². The number of carboxylic acid groups (broad SMARTS) is 1. The predicted octanol–water partition coefficient (Wildman–Crippen LogP) is 2.54. The van der Waals surface area contributed by atoms with E-state index in [-0.39, 0.29) is 35.6 Å². The van der Waals surface area contributed by atoms with Crippen LogP contribution in [0.3, 0.4) is 0 Å². The third kappa shape index (κ3) is 5.33. The van der Waals surface area contributed by atoms with Crippen LogP contribution in [-0.2, 0) is 9.53 Å². The molecular formula is C19H19F4N3O6. The molecule has 2 aromatic heterocycles. The molecule has 0 aliphatic carbocycles. The number of aliphatic carboxylic acids is 1. The zero-order valence-electron chi connectivity index (χ0n) is 16.5. The van der Waals surface area contributed by atoms with Gasteiger partial charge in [-0.1, -0.05) is 0 Å². The van der Waals surface area contributed by atoms with Gasteiger partial charge in [-0.2, -0.15) is 13.2 Å². The maximum absolute atomic E-state index is 13.8. The largest absolute Gasteiger partial charge is 0.490 e. The molecule has 0 saturated carbocycles. The van der Waals surface area contributed by atoms with Crippen molar-refractivity contribution in [3.8, 4) is 5.88 Å². The van der Waals surface area contributed by atoms with E-state index in [4.69, 9.17) is 23.8 Å². The Balaban J connectivity index is 0.000000360.